The number of likely N-dealkylation sites (tertiary alicyclic amines) is 1. The molecule has 1 aliphatic rings. The lowest BCUT2D eigenvalue weighted by Crippen LogP contribution is -2.37. The van der Waals surface area contributed by atoms with Crippen molar-refractivity contribution in [1.29, 1.82) is 0 Å². The highest BCUT2D eigenvalue weighted by molar-refractivity contribution is 5.78. The molecule has 0 spiro atoms. The Morgan fingerprint density at radius 3 is 2.38 bits per heavy atom. The predicted molar refractivity (Wildman–Crippen MR) is 58.1 cm³/mol. The van der Waals surface area contributed by atoms with Crippen LogP contribution < -0.4 is 5.32 Å². The van der Waals surface area contributed by atoms with E-state index in [1.807, 2.05) is 4.90 Å². The fourth-order valence-electron chi connectivity index (χ4n) is 1.85. The number of hydrogen-bond acceptors (Lipinski definition) is 5. The zero-order valence-electron chi connectivity index (χ0n) is 9.81. The number of ether oxygens (including phenoxy) is 2. The van der Waals surface area contributed by atoms with Crippen molar-refractivity contribution >= 4 is 5.91 Å². The summed E-state index contributed by atoms with van der Waals surface area (Å²) in [6.45, 7) is 1.98. The Labute approximate surface area is 95.5 Å². The molecule has 0 aromatic heterocycles. The van der Waals surface area contributed by atoms with E-state index >= 15 is 0 Å². The number of methoxy groups -OCH3 is 2. The second-order valence-corrected chi connectivity index (χ2v) is 3.82. The molecular formula is C10H20N2O4. The molecule has 0 aromatic carbocycles. The van der Waals surface area contributed by atoms with Crippen LogP contribution in [0.5, 0.6) is 0 Å². The molecule has 1 aliphatic heterocycles. The third-order valence-electron chi connectivity index (χ3n) is 2.70. The molecule has 1 saturated heterocycles. The average molecular weight is 232 g/mol. The number of amides is 1. The molecule has 2 N–H and O–H groups in total. The second kappa shape index (κ2) is 6.80. The molecular weight excluding hydrogens is 212 g/mol. The molecule has 94 valence electrons. The first kappa shape index (κ1) is 13.4. The summed E-state index contributed by atoms with van der Waals surface area (Å²) in [5, 5.41) is 11.2. The van der Waals surface area contributed by atoms with Crippen LogP contribution in [-0.4, -0.2) is 75.1 Å². The number of carbonyl (C=O) groups is 1. The average Bonchev–Trinajstić information content (AvgIpc) is 2.68. The Kier molecular flexibility index (Phi) is 5.68. The van der Waals surface area contributed by atoms with Crippen molar-refractivity contribution in [3.63, 3.8) is 0 Å². The Morgan fingerprint density at radius 2 is 1.94 bits per heavy atom. The van der Waals surface area contributed by atoms with Gasteiger partial charge in [0.25, 0.3) is 0 Å². The summed E-state index contributed by atoms with van der Waals surface area (Å²) in [6.07, 6.45) is 0.0475. The Balaban J connectivity index is 2.31. The molecule has 0 radical (unpaired) electrons. The molecule has 1 rings (SSSR count). The molecule has 0 aromatic rings. The van der Waals surface area contributed by atoms with Gasteiger partial charge in [0.05, 0.1) is 25.4 Å². The SMILES string of the molecule is COC1CN(CC(=O)NCCO)CC1OC. The summed E-state index contributed by atoms with van der Waals surface area (Å²) >= 11 is 0. The van der Waals surface area contributed by atoms with Crippen LogP contribution in [0.2, 0.25) is 0 Å². The number of nitrogens with zero attached hydrogens (tertiary/aromatic N) is 1. The van der Waals surface area contributed by atoms with Gasteiger partial charge in [-0.05, 0) is 0 Å². The summed E-state index contributed by atoms with van der Waals surface area (Å²) in [7, 11) is 3.29. The van der Waals surface area contributed by atoms with E-state index in [1.54, 1.807) is 14.2 Å². The summed E-state index contributed by atoms with van der Waals surface area (Å²) in [5.41, 5.74) is 0. The van der Waals surface area contributed by atoms with E-state index in [0.717, 1.165) is 0 Å². The van der Waals surface area contributed by atoms with E-state index < -0.39 is 0 Å². The third-order valence-corrected chi connectivity index (χ3v) is 2.70. The van der Waals surface area contributed by atoms with Crippen LogP contribution in [0.1, 0.15) is 0 Å². The summed E-state index contributed by atoms with van der Waals surface area (Å²) < 4.78 is 10.5. The molecule has 2 unspecified atom stereocenters. The van der Waals surface area contributed by atoms with Gasteiger partial charge in [-0.1, -0.05) is 0 Å². The lowest BCUT2D eigenvalue weighted by molar-refractivity contribution is -0.122. The maximum Gasteiger partial charge on any atom is 0.234 e. The van der Waals surface area contributed by atoms with E-state index in [-0.39, 0.29) is 24.7 Å². The highest BCUT2D eigenvalue weighted by Gasteiger charge is 2.33. The molecule has 0 bridgehead atoms. The molecule has 0 saturated carbocycles. The van der Waals surface area contributed by atoms with E-state index in [1.165, 1.54) is 0 Å². The fourth-order valence-corrected chi connectivity index (χ4v) is 1.85. The quantitative estimate of drug-likeness (QED) is 0.579. The highest BCUT2D eigenvalue weighted by atomic mass is 16.5. The second-order valence-electron chi connectivity index (χ2n) is 3.82. The van der Waals surface area contributed by atoms with Crippen LogP contribution in [0, 0.1) is 0 Å². The van der Waals surface area contributed by atoms with Crippen LogP contribution in [0.25, 0.3) is 0 Å². The van der Waals surface area contributed by atoms with E-state index in [9.17, 15) is 4.79 Å². The minimum Gasteiger partial charge on any atom is -0.395 e. The minimum atomic E-state index is -0.0827. The van der Waals surface area contributed by atoms with Gasteiger partial charge >= 0.3 is 0 Å². The first-order chi connectivity index (χ1) is 7.71. The van der Waals surface area contributed by atoms with E-state index in [4.69, 9.17) is 14.6 Å². The van der Waals surface area contributed by atoms with Gasteiger partial charge in [-0.2, -0.15) is 0 Å². The van der Waals surface area contributed by atoms with Gasteiger partial charge in [0.2, 0.25) is 5.91 Å². The number of carbonyl (C=O) groups excluding carboxylic acids is 1. The predicted octanol–water partition coefficient (Wildman–Crippen LogP) is -1.56. The Morgan fingerprint density at radius 1 is 1.38 bits per heavy atom. The maximum atomic E-state index is 11.4. The monoisotopic (exact) mass is 232 g/mol. The van der Waals surface area contributed by atoms with Gasteiger partial charge in [-0.25, -0.2) is 0 Å². The standard InChI is InChI=1S/C10H20N2O4/c1-15-8-5-12(6-9(8)16-2)7-10(14)11-3-4-13/h8-9,13H,3-7H2,1-2H3,(H,11,14). The van der Waals surface area contributed by atoms with Crippen molar-refractivity contribution in [2.75, 3.05) is 47.0 Å². The van der Waals surface area contributed by atoms with Gasteiger partial charge in [0.15, 0.2) is 0 Å². The lowest BCUT2D eigenvalue weighted by atomic mass is 10.3. The summed E-state index contributed by atoms with van der Waals surface area (Å²) in [5.74, 6) is -0.0827. The number of aliphatic hydroxyl groups excluding tert-OH is 1. The van der Waals surface area contributed by atoms with Crippen LogP contribution >= 0.6 is 0 Å². The molecule has 1 heterocycles. The zero-order valence-corrected chi connectivity index (χ0v) is 9.81. The minimum absolute atomic E-state index is 0.0237. The van der Waals surface area contributed by atoms with Crippen LogP contribution in [-0.2, 0) is 14.3 Å². The lowest BCUT2D eigenvalue weighted by Gasteiger charge is -2.14. The topological polar surface area (TPSA) is 71.0 Å². The van der Waals surface area contributed by atoms with Gasteiger partial charge in [0.1, 0.15) is 0 Å². The molecule has 16 heavy (non-hydrogen) atoms. The van der Waals surface area contributed by atoms with Gasteiger partial charge in [-0.3, -0.25) is 9.69 Å². The van der Waals surface area contributed by atoms with E-state index in [0.29, 0.717) is 26.2 Å². The third kappa shape index (κ3) is 3.71. The maximum absolute atomic E-state index is 11.4. The van der Waals surface area contributed by atoms with Gasteiger partial charge < -0.3 is 19.9 Å². The largest absolute Gasteiger partial charge is 0.395 e. The molecule has 6 heteroatoms. The van der Waals surface area contributed by atoms with Crippen molar-refractivity contribution in [1.82, 2.24) is 10.2 Å². The summed E-state index contributed by atoms with van der Waals surface area (Å²) in [6, 6.07) is 0. The van der Waals surface area contributed by atoms with Crippen LogP contribution in [0.3, 0.4) is 0 Å². The van der Waals surface area contributed by atoms with Gasteiger partial charge in [0, 0.05) is 33.9 Å². The molecule has 1 amide bonds. The number of nitrogens with one attached hydrogen (secondary N) is 1. The van der Waals surface area contributed by atoms with Crippen LogP contribution in [0.15, 0.2) is 0 Å². The van der Waals surface area contributed by atoms with Crippen molar-refractivity contribution < 1.29 is 19.4 Å². The normalized spacial score (nSPS) is 25.9. The van der Waals surface area contributed by atoms with E-state index in [2.05, 4.69) is 5.32 Å². The van der Waals surface area contributed by atoms with Crippen molar-refractivity contribution in [2.24, 2.45) is 0 Å². The Hall–Kier alpha value is -0.690. The highest BCUT2D eigenvalue weighted by Crippen LogP contribution is 2.14. The molecule has 0 aliphatic carbocycles. The molecule has 1 fully saturated rings. The number of rotatable bonds is 6. The van der Waals surface area contributed by atoms with Crippen molar-refractivity contribution in [3.8, 4) is 0 Å². The number of hydrogen-bond donors (Lipinski definition) is 2. The first-order valence-electron chi connectivity index (χ1n) is 5.36. The van der Waals surface area contributed by atoms with Crippen molar-refractivity contribution in [2.45, 2.75) is 12.2 Å². The Bertz CT molecular complexity index is 213. The number of aliphatic hydroxyl groups is 1. The zero-order chi connectivity index (χ0) is 12.0. The fraction of sp³-hybridized carbons (Fsp3) is 0.900. The smallest absolute Gasteiger partial charge is 0.234 e. The van der Waals surface area contributed by atoms with Crippen molar-refractivity contribution in [3.05, 3.63) is 0 Å². The van der Waals surface area contributed by atoms with Crippen LogP contribution in [0.4, 0.5) is 0 Å². The summed E-state index contributed by atoms with van der Waals surface area (Å²) in [4.78, 5) is 13.4. The van der Waals surface area contributed by atoms with Gasteiger partial charge in [-0.15, -0.1) is 0 Å². The molecule has 2 atom stereocenters. The first-order valence-corrected chi connectivity index (χ1v) is 5.36. The molecule has 6 nitrogen and oxygen atoms in total.